The molecule has 0 radical (unpaired) electrons. The zero-order valence-electron chi connectivity index (χ0n) is 12.7. The lowest BCUT2D eigenvalue weighted by atomic mass is 9.93. The number of benzene rings is 1. The Morgan fingerprint density at radius 2 is 2.00 bits per heavy atom. The van der Waals surface area contributed by atoms with Crippen LogP contribution in [0.3, 0.4) is 0 Å². The molecule has 0 spiro atoms. The van der Waals surface area contributed by atoms with Crippen LogP contribution in [0.2, 0.25) is 0 Å². The molecular formula is C14H13F3N2O6. The van der Waals surface area contributed by atoms with Crippen LogP contribution in [0.4, 0.5) is 18.9 Å². The van der Waals surface area contributed by atoms with Crippen molar-refractivity contribution in [1.82, 2.24) is 5.32 Å². The van der Waals surface area contributed by atoms with Gasteiger partial charge in [0.15, 0.2) is 0 Å². The van der Waals surface area contributed by atoms with Crippen LogP contribution in [0.1, 0.15) is 11.1 Å². The number of amides is 2. The molecule has 0 saturated carbocycles. The van der Waals surface area contributed by atoms with E-state index in [1.54, 1.807) is 5.32 Å². The van der Waals surface area contributed by atoms with Crippen molar-refractivity contribution < 1.29 is 42.5 Å². The van der Waals surface area contributed by atoms with Crippen LogP contribution in [0.15, 0.2) is 12.1 Å². The molecule has 1 atom stereocenters. The molecule has 1 aliphatic heterocycles. The minimum Gasteiger partial charge on any atom is -0.495 e. The van der Waals surface area contributed by atoms with E-state index in [1.807, 2.05) is 0 Å². The SMILES string of the molecule is COc1cc(CCNC(=O)C(F)(F)F)cc2c1NC(=O)C2(O)C(=O)O. The molecule has 136 valence electrons. The highest BCUT2D eigenvalue weighted by molar-refractivity contribution is 6.18. The van der Waals surface area contributed by atoms with Crippen molar-refractivity contribution in [2.24, 2.45) is 0 Å². The molecule has 0 bridgehead atoms. The molecule has 8 nitrogen and oxygen atoms in total. The van der Waals surface area contributed by atoms with Crippen LogP contribution in [-0.4, -0.2) is 47.8 Å². The summed E-state index contributed by atoms with van der Waals surface area (Å²) in [5, 5.41) is 23.2. The third-order valence-electron chi connectivity index (χ3n) is 3.61. The van der Waals surface area contributed by atoms with Crippen LogP contribution in [0.5, 0.6) is 5.75 Å². The maximum absolute atomic E-state index is 12.1. The predicted molar refractivity (Wildman–Crippen MR) is 75.9 cm³/mol. The van der Waals surface area contributed by atoms with Gasteiger partial charge in [0.25, 0.3) is 11.5 Å². The van der Waals surface area contributed by atoms with Crippen molar-refractivity contribution >= 4 is 23.5 Å². The highest BCUT2D eigenvalue weighted by Crippen LogP contribution is 2.43. The average Bonchev–Trinajstić information content (AvgIpc) is 2.78. The molecule has 1 aromatic carbocycles. The fourth-order valence-electron chi connectivity index (χ4n) is 2.35. The number of rotatable bonds is 5. The number of halogens is 3. The first-order valence-electron chi connectivity index (χ1n) is 6.85. The van der Waals surface area contributed by atoms with Crippen molar-refractivity contribution in [2.75, 3.05) is 19.0 Å². The third-order valence-corrected chi connectivity index (χ3v) is 3.61. The number of methoxy groups -OCH3 is 1. The Kier molecular flexibility index (Phi) is 4.62. The summed E-state index contributed by atoms with van der Waals surface area (Å²) < 4.78 is 41.4. The van der Waals surface area contributed by atoms with Crippen LogP contribution in [0, 0.1) is 0 Å². The molecule has 0 fully saturated rings. The lowest BCUT2D eigenvalue weighted by Gasteiger charge is -2.16. The Morgan fingerprint density at radius 3 is 2.52 bits per heavy atom. The van der Waals surface area contributed by atoms with Crippen molar-refractivity contribution in [1.29, 1.82) is 0 Å². The molecule has 0 aromatic heterocycles. The maximum Gasteiger partial charge on any atom is 0.471 e. The van der Waals surface area contributed by atoms with Gasteiger partial charge < -0.3 is 25.6 Å². The summed E-state index contributed by atoms with van der Waals surface area (Å²) in [6, 6.07) is 2.51. The molecule has 2 rings (SSSR count). The molecule has 25 heavy (non-hydrogen) atoms. The molecule has 1 aliphatic rings. The van der Waals surface area contributed by atoms with E-state index in [0.29, 0.717) is 0 Å². The largest absolute Gasteiger partial charge is 0.495 e. The fourth-order valence-corrected chi connectivity index (χ4v) is 2.35. The normalized spacial score (nSPS) is 19.2. The molecule has 0 saturated heterocycles. The molecule has 4 N–H and O–H groups in total. The van der Waals surface area contributed by atoms with Crippen molar-refractivity contribution in [3.63, 3.8) is 0 Å². The van der Waals surface area contributed by atoms with E-state index in [2.05, 4.69) is 5.32 Å². The highest BCUT2D eigenvalue weighted by Gasteiger charge is 2.53. The third kappa shape index (κ3) is 3.22. The van der Waals surface area contributed by atoms with Gasteiger partial charge in [-0.25, -0.2) is 4.79 Å². The zero-order chi connectivity index (χ0) is 19.0. The van der Waals surface area contributed by atoms with Gasteiger partial charge in [-0.05, 0) is 24.1 Å². The number of anilines is 1. The molecule has 0 aliphatic carbocycles. The lowest BCUT2D eigenvalue weighted by Crippen LogP contribution is -2.42. The molecule has 1 aromatic rings. The molecule has 2 amide bonds. The summed E-state index contributed by atoms with van der Waals surface area (Å²) in [7, 11) is 1.23. The summed E-state index contributed by atoms with van der Waals surface area (Å²) in [5.41, 5.74) is -2.91. The van der Waals surface area contributed by atoms with Gasteiger partial charge in [-0.3, -0.25) is 9.59 Å². The fraction of sp³-hybridized carbons (Fsp3) is 0.357. The van der Waals surface area contributed by atoms with Gasteiger partial charge in [0, 0.05) is 12.1 Å². The topological polar surface area (TPSA) is 125 Å². The smallest absolute Gasteiger partial charge is 0.471 e. The number of carboxylic acid groups (broad SMARTS) is 1. The second-order valence-electron chi connectivity index (χ2n) is 5.19. The molecule has 11 heteroatoms. The Bertz CT molecular complexity index is 749. The van der Waals surface area contributed by atoms with Gasteiger partial charge in [-0.15, -0.1) is 0 Å². The van der Waals surface area contributed by atoms with Crippen LogP contribution >= 0.6 is 0 Å². The number of carbonyl (C=O) groups is 3. The Hall–Kier alpha value is -2.82. The predicted octanol–water partition coefficient (Wildman–Crippen LogP) is 0.140. The summed E-state index contributed by atoms with van der Waals surface area (Å²) in [4.78, 5) is 33.9. The van der Waals surface area contributed by atoms with E-state index >= 15 is 0 Å². The summed E-state index contributed by atoms with van der Waals surface area (Å²) >= 11 is 0. The number of nitrogens with one attached hydrogen (secondary N) is 2. The zero-order valence-corrected chi connectivity index (χ0v) is 12.7. The average molecular weight is 362 g/mol. The maximum atomic E-state index is 12.1. The number of carbonyl (C=O) groups excluding carboxylic acids is 2. The Morgan fingerprint density at radius 1 is 1.36 bits per heavy atom. The minimum atomic E-state index is -5.02. The standard InChI is InChI=1S/C14H13F3N2O6/c1-25-8-5-6(2-3-18-11(21)14(15,16)17)4-7-9(8)19-10(20)13(7,24)12(22)23/h4-5,24H,2-3H2,1H3,(H,18,21)(H,19,20)(H,22,23). The number of aliphatic carboxylic acids is 1. The van der Waals surface area contributed by atoms with Gasteiger partial charge in [0.05, 0.1) is 12.8 Å². The number of aliphatic hydroxyl groups is 1. The summed E-state index contributed by atoms with van der Waals surface area (Å²) in [5.74, 6) is -5.08. The van der Waals surface area contributed by atoms with Gasteiger partial charge in [-0.1, -0.05) is 0 Å². The summed E-state index contributed by atoms with van der Waals surface area (Å²) in [6.45, 7) is -0.396. The number of carboxylic acids is 1. The van der Waals surface area contributed by atoms with Gasteiger partial charge in [0.1, 0.15) is 5.75 Å². The van der Waals surface area contributed by atoms with E-state index in [9.17, 15) is 32.7 Å². The first-order chi connectivity index (χ1) is 11.5. The van der Waals surface area contributed by atoms with Crippen molar-refractivity contribution in [2.45, 2.75) is 18.2 Å². The second-order valence-corrected chi connectivity index (χ2v) is 5.19. The van der Waals surface area contributed by atoms with Crippen molar-refractivity contribution in [3.05, 3.63) is 23.3 Å². The first kappa shape index (κ1) is 18.5. The van der Waals surface area contributed by atoms with E-state index in [4.69, 9.17) is 9.84 Å². The van der Waals surface area contributed by atoms with Crippen LogP contribution < -0.4 is 15.4 Å². The van der Waals surface area contributed by atoms with Crippen molar-refractivity contribution in [3.8, 4) is 5.75 Å². The van der Waals surface area contributed by atoms with E-state index in [0.717, 1.165) is 6.07 Å². The Balaban J connectivity index is 2.29. The number of hydrogen-bond acceptors (Lipinski definition) is 5. The number of alkyl halides is 3. The van der Waals surface area contributed by atoms with Gasteiger partial charge in [0.2, 0.25) is 0 Å². The minimum absolute atomic E-state index is 0.0279. The molecule has 1 heterocycles. The number of hydrogen-bond donors (Lipinski definition) is 4. The van der Waals surface area contributed by atoms with E-state index in [1.165, 1.54) is 13.2 Å². The van der Waals surface area contributed by atoms with Gasteiger partial charge >= 0.3 is 18.1 Å². The van der Waals surface area contributed by atoms with Crippen LogP contribution in [0.25, 0.3) is 0 Å². The highest BCUT2D eigenvalue weighted by atomic mass is 19.4. The summed E-state index contributed by atoms with van der Waals surface area (Å²) in [6.07, 6.45) is -5.13. The second kappa shape index (κ2) is 6.24. The Labute approximate surface area is 138 Å². The molecular weight excluding hydrogens is 349 g/mol. The van der Waals surface area contributed by atoms with E-state index < -0.39 is 36.1 Å². The number of fused-ring (bicyclic) bond motifs is 1. The monoisotopic (exact) mass is 362 g/mol. The quantitative estimate of drug-likeness (QED) is 0.552. The van der Waals surface area contributed by atoms with Crippen LogP contribution in [-0.2, 0) is 26.4 Å². The first-order valence-corrected chi connectivity index (χ1v) is 6.85. The lowest BCUT2D eigenvalue weighted by molar-refractivity contribution is -0.173. The number of ether oxygens (including phenoxy) is 1. The molecule has 1 unspecified atom stereocenters. The van der Waals surface area contributed by atoms with E-state index in [-0.39, 0.29) is 29.0 Å². The van der Waals surface area contributed by atoms with Gasteiger partial charge in [-0.2, -0.15) is 13.2 Å².